The second-order valence-electron chi connectivity index (χ2n) is 6.75. The number of rotatable bonds is 6. The summed E-state index contributed by atoms with van der Waals surface area (Å²) in [7, 11) is 1.84. The first-order valence-electron chi connectivity index (χ1n) is 9.04. The van der Waals surface area contributed by atoms with Crippen LogP contribution in [0, 0.1) is 5.92 Å². The predicted octanol–water partition coefficient (Wildman–Crippen LogP) is 1.45. The smallest absolute Gasteiger partial charge is 0.217 e. The maximum absolute atomic E-state index is 11.2. The lowest BCUT2D eigenvalue weighted by Crippen LogP contribution is -2.51. The summed E-state index contributed by atoms with van der Waals surface area (Å²) in [5.41, 5.74) is 5.37. The predicted molar refractivity (Wildman–Crippen MR) is 100 cm³/mol. The molecule has 3 N–H and O–H groups in total. The zero-order valence-electron chi connectivity index (χ0n) is 15.1. The zero-order chi connectivity index (χ0) is 17.4. The lowest BCUT2D eigenvalue weighted by Gasteiger charge is -2.39. The number of guanidine groups is 1. The van der Waals surface area contributed by atoms with E-state index in [4.69, 9.17) is 10.5 Å². The number of likely N-dealkylation sites (tertiary alicyclic amines) is 1. The monoisotopic (exact) mass is 356 g/mol. The number of hydrogen-bond acceptors (Lipinski definition) is 4. The van der Waals surface area contributed by atoms with Gasteiger partial charge in [-0.1, -0.05) is 6.92 Å². The minimum absolute atomic E-state index is 0.203. The number of nitrogens with two attached hydrogens (primary N) is 1. The molecule has 138 valence electrons. The summed E-state index contributed by atoms with van der Waals surface area (Å²) in [5.74, 6) is 2.21. The fourth-order valence-corrected chi connectivity index (χ4v) is 4.94. The normalized spacial score (nSPS) is 24.7. The van der Waals surface area contributed by atoms with E-state index in [0.717, 1.165) is 70.2 Å². The molecule has 0 saturated carbocycles. The van der Waals surface area contributed by atoms with E-state index in [1.165, 1.54) is 0 Å². The lowest BCUT2D eigenvalue weighted by molar-refractivity contribution is -0.119. The largest absolute Gasteiger partial charge is 0.381 e. The Morgan fingerprint density at radius 2 is 2.21 bits per heavy atom. The Morgan fingerprint density at radius 3 is 2.83 bits per heavy atom. The van der Waals surface area contributed by atoms with E-state index >= 15 is 0 Å². The maximum Gasteiger partial charge on any atom is 0.217 e. The Kier molecular flexibility index (Phi) is 7.68. The average molecular weight is 357 g/mol. The van der Waals surface area contributed by atoms with Crippen molar-refractivity contribution in [3.05, 3.63) is 0 Å². The molecule has 2 aliphatic heterocycles. The van der Waals surface area contributed by atoms with Crippen LogP contribution in [0.1, 0.15) is 39.0 Å². The van der Waals surface area contributed by atoms with Crippen molar-refractivity contribution < 1.29 is 9.53 Å². The van der Waals surface area contributed by atoms with E-state index in [0.29, 0.717) is 12.3 Å². The highest BCUT2D eigenvalue weighted by Gasteiger charge is 2.33. The number of carbonyl (C=O) groups excluding carboxylic acids is 1. The molecule has 0 aromatic heterocycles. The number of carbonyl (C=O) groups is 1. The Morgan fingerprint density at radius 1 is 1.46 bits per heavy atom. The van der Waals surface area contributed by atoms with Crippen molar-refractivity contribution in [3.8, 4) is 0 Å². The quantitative estimate of drug-likeness (QED) is 0.556. The third-order valence-corrected chi connectivity index (χ3v) is 6.40. The summed E-state index contributed by atoms with van der Waals surface area (Å²) >= 11 is 2.03. The number of aliphatic imine (C=N–C) groups is 1. The molecule has 0 aromatic rings. The van der Waals surface area contributed by atoms with Gasteiger partial charge in [-0.15, -0.1) is 0 Å². The van der Waals surface area contributed by atoms with E-state index in [1.807, 2.05) is 18.8 Å². The minimum atomic E-state index is -0.203. The van der Waals surface area contributed by atoms with Gasteiger partial charge in [0, 0.05) is 51.1 Å². The van der Waals surface area contributed by atoms with E-state index in [9.17, 15) is 4.79 Å². The number of nitrogens with one attached hydrogen (secondary N) is 1. The molecule has 7 heteroatoms. The van der Waals surface area contributed by atoms with Crippen LogP contribution in [-0.4, -0.2) is 67.2 Å². The van der Waals surface area contributed by atoms with Gasteiger partial charge in [-0.2, -0.15) is 11.8 Å². The maximum atomic E-state index is 11.2. The molecule has 0 spiro atoms. The van der Waals surface area contributed by atoms with E-state index in [-0.39, 0.29) is 10.7 Å². The van der Waals surface area contributed by atoms with Crippen LogP contribution in [0.3, 0.4) is 0 Å². The van der Waals surface area contributed by atoms with Crippen molar-refractivity contribution in [2.45, 2.75) is 43.8 Å². The number of piperidine rings is 1. The van der Waals surface area contributed by atoms with Crippen molar-refractivity contribution >= 4 is 23.6 Å². The first-order valence-corrected chi connectivity index (χ1v) is 10.0. The lowest BCUT2D eigenvalue weighted by atomic mass is 9.94. The van der Waals surface area contributed by atoms with Crippen LogP contribution in [0.15, 0.2) is 4.99 Å². The standard InChI is InChI=1S/C17H32N4O2S/c1-3-24-17(6-9-23-10-7-17)13-20-16(19-2)21-8-4-5-14(12-21)11-15(18)22/h14H,3-13H2,1-2H3,(H2,18,22)(H,19,20). The molecule has 1 amide bonds. The van der Waals surface area contributed by atoms with Crippen molar-refractivity contribution in [1.82, 2.24) is 10.2 Å². The van der Waals surface area contributed by atoms with Crippen LogP contribution < -0.4 is 11.1 Å². The molecule has 2 heterocycles. The number of ether oxygens (including phenoxy) is 1. The molecule has 2 rings (SSSR count). The van der Waals surface area contributed by atoms with Crippen LogP contribution in [0.25, 0.3) is 0 Å². The molecule has 0 bridgehead atoms. The summed E-state index contributed by atoms with van der Waals surface area (Å²) in [6.07, 6.45) is 4.80. The number of thioether (sulfide) groups is 1. The van der Waals surface area contributed by atoms with Gasteiger partial charge >= 0.3 is 0 Å². The van der Waals surface area contributed by atoms with Crippen molar-refractivity contribution in [3.63, 3.8) is 0 Å². The van der Waals surface area contributed by atoms with Crippen LogP contribution in [0.5, 0.6) is 0 Å². The molecule has 1 atom stereocenters. The Balaban J connectivity index is 1.92. The minimum Gasteiger partial charge on any atom is -0.381 e. The van der Waals surface area contributed by atoms with Gasteiger partial charge < -0.3 is 20.7 Å². The van der Waals surface area contributed by atoms with Crippen molar-refractivity contribution in [1.29, 1.82) is 0 Å². The van der Waals surface area contributed by atoms with Gasteiger partial charge in [0.1, 0.15) is 0 Å². The molecule has 24 heavy (non-hydrogen) atoms. The third kappa shape index (κ3) is 5.55. The second kappa shape index (κ2) is 9.51. The summed E-state index contributed by atoms with van der Waals surface area (Å²) in [5, 5.41) is 3.59. The van der Waals surface area contributed by atoms with Gasteiger partial charge in [0.25, 0.3) is 0 Å². The third-order valence-electron chi connectivity index (χ3n) is 4.94. The Labute approximate surface area is 150 Å². The van der Waals surface area contributed by atoms with Gasteiger partial charge in [0.2, 0.25) is 5.91 Å². The van der Waals surface area contributed by atoms with Gasteiger partial charge in [-0.05, 0) is 37.4 Å². The second-order valence-corrected chi connectivity index (χ2v) is 8.49. The average Bonchev–Trinajstić information content (AvgIpc) is 2.56. The molecule has 1 unspecified atom stereocenters. The first kappa shape index (κ1) is 19.4. The molecule has 0 aliphatic carbocycles. The summed E-state index contributed by atoms with van der Waals surface area (Å²) < 4.78 is 5.79. The highest BCUT2D eigenvalue weighted by Crippen LogP contribution is 2.34. The summed E-state index contributed by atoms with van der Waals surface area (Å²) in [6, 6.07) is 0. The highest BCUT2D eigenvalue weighted by molar-refractivity contribution is 8.00. The molecular formula is C17H32N4O2S. The SMILES string of the molecule is CCSC1(CNC(=NC)N2CCCC(CC(N)=O)C2)CCOCC1. The highest BCUT2D eigenvalue weighted by atomic mass is 32.2. The van der Waals surface area contributed by atoms with Crippen LogP contribution in [-0.2, 0) is 9.53 Å². The van der Waals surface area contributed by atoms with Crippen molar-refractivity contribution in [2.75, 3.05) is 45.6 Å². The Bertz CT molecular complexity index is 433. The molecule has 0 radical (unpaired) electrons. The Hall–Kier alpha value is -0.950. The van der Waals surface area contributed by atoms with E-state index in [2.05, 4.69) is 22.1 Å². The number of amides is 1. The molecule has 6 nitrogen and oxygen atoms in total. The van der Waals surface area contributed by atoms with Gasteiger partial charge in [0.15, 0.2) is 5.96 Å². The summed E-state index contributed by atoms with van der Waals surface area (Å²) in [6.45, 7) is 6.68. The zero-order valence-corrected chi connectivity index (χ0v) is 15.9. The van der Waals surface area contributed by atoms with Crippen molar-refractivity contribution in [2.24, 2.45) is 16.6 Å². The van der Waals surface area contributed by atoms with Gasteiger partial charge in [-0.25, -0.2) is 0 Å². The number of primary amides is 1. The first-order chi connectivity index (χ1) is 11.6. The van der Waals surface area contributed by atoms with Crippen LogP contribution in [0.2, 0.25) is 0 Å². The topological polar surface area (TPSA) is 80.0 Å². The fraction of sp³-hybridized carbons (Fsp3) is 0.882. The van der Waals surface area contributed by atoms with Crippen LogP contribution in [0.4, 0.5) is 0 Å². The molecule has 2 aliphatic rings. The number of nitrogens with zero attached hydrogens (tertiary/aromatic N) is 2. The fourth-order valence-electron chi connectivity index (χ4n) is 3.70. The van der Waals surface area contributed by atoms with Crippen LogP contribution >= 0.6 is 11.8 Å². The summed E-state index contributed by atoms with van der Waals surface area (Å²) in [4.78, 5) is 18.0. The van der Waals surface area contributed by atoms with E-state index in [1.54, 1.807) is 0 Å². The van der Waals surface area contributed by atoms with Gasteiger partial charge in [0.05, 0.1) is 0 Å². The molecular weight excluding hydrogens is 324 g/mol. The molecule has 0 aromatic carbocycles. The van der Waals surface area contributed by atoms with Gasteiger partial charge in [-0.3, -0.25) is 9.79 Å². The molecule has 2 saturated heterocycles. The van der Waals surface area contributed by atoms with E-state index < -0.39 is 0 Å². The molecule has 2 fully saturated rings. The number of hydrogen-bond donors (Lipinski definition) is 2.